The van der Waals surface area contributed by atoms with Gasteiger partial charge in [-0.05, 0) is 23.8 Å². The third kappa shape index (κ3) is 7.46. The molecular formula is C18H29N3O3. The Labute approximate surface area is 144 Å². The highest BCUT2D eigenvalue weighted by Crippen LogP contribution is 2.07. The maximum Gasteiger partial charge on any atom is 0.408 e. The Kier molecular flexibility index (Phi) is 8.26. The fourth-order valence-corrected chi connectivity index (χ4v) is 2.04. The van der Waals surface area contributed by atoms with E-state index < -0.39 is 18.3 Å². The molecule has 0 aliphatic heterocycles. The van der Waals surface area contributed by atoms with Crippen LogP contribution in [0.1, 0.15) is 39.7 Å². The van der Waals surface area contributed by atoms with Gasteiger partial charge in [0.05, 0.1) is 6.17 Å². The number of ether oxygens (including phenoxy) is 1. The maximum absolute atomic E-state index is 12.3. The fourth-order valence-electron chi connectivity index (χ4n) is 2.04. The van der Waals surface area contributed by atoms with Gasteiger partial charge in [0.15, 0.2) is 0 Å². The molecule has 6 nitrogen and oxygen atoms in total. The number of benzene rings is 1. The average molecular weight is 335 g/mol. The third-order valence-electron chi connectivity index (χ3n) is 3.56. The van der Waals surface area contributed by atoms with E-state index in [1.54, 1.807) is 0 Å². The van der Waals surface area contributed by atoms with E-state index in [1.807, 2.05) is 58.0 Å². The van der Waals surface area contributed by atoms with E-state index in [4.69, 9.17) is 10.5 Å². The van der Waals surface area contributed by atoms with Crippen LogP contribution in [-0.4, -0.2) is 24.2 Å². The minimum Gasteiger partial charge on any atom is -0.445 e. The molecule has 0 bridgehead atoms. The number of hydrogen-bond acceptors (Lipinski definition) is 4. The van der Waals surface area contributed by atoms with Crippen molar-refractivity contribution < 1.29 is 14.3 Å². The number of hydrogen-bond donors (Lipinski definition) is 3. The lowest BCUT2D eigenvalue weighted by molar-refractivity contribution is -0.124. The monoisotopic (exact) mass is 335 g/mol. The molecule has 1 rings (SSSR count). The normalized spacial score (nSPS) is 13.5. The number of carbonyl (C=O) groups excluding carboxylic acids is 2. The summed E-state index contributed by atoms with van der Waals surface area (Å²) in [5.74, 6) is 0.0608. The fraction of sp³-hybridized carbons (Fsp3) is 0.556. The SMILES string of the molecule is CC(C)CC(NC(=O)OCc1ccccc1)C(=O)NC(N)C(C)C. The second-order valence-corrected chi connectivity index (χ2v) is 6.67. The molecule has 0 fully saturated rings. The van der Waals surface area contributed by atoms with Gasteiger partial charge in [0.1, 0.15) is 12.6 Å². The highest BCUT2D eigenvalue weighted by Gasteiger charge is 2.24. The smallest absolute Gasteiger partial charge is 0.408 e. The molecule has 2 unspecified atom stereocenters. The summed E-state index contributed by atoms with van der Waals surface area (Å²) in [7, 11) is 0. The van der Waals surface area contributed by atoms with Crippen molar-refractivity contribution in [3.05, 3.63) is 35.9 Å². The molecule has 0 spiro atoms. The molecule has 0 heterocycles. The lowest BCUT2D eigenvalue weighted by Crippen LogP contribution is -2.54. The summed E-state index contributed by atoms with van der Waals surface area (Å²) in [6.45, 7) is 7.97. The van der Waals surface area contributed by atoms with Crippen molar-refractivity contribution in [3.8, 4) is 0 Å². The predicted octanol–water partition coefficient (Wildman–Crippen LogP) is 2.38. The summed E-state index contributed by atoms with van der Waals surface area (Å²) in [4.78, 5) is 24.3. The van der Waals surface area contributed by atoms with E-state index in [9.17, 15) is 9.59 Å². The molecule has 0 aliphatic rings. The summed E-state index contributed by atoms with van der Waals surface area (Å²) in [6.07, 6.45) is -0.552. The average Bonchev–Trinajstić information content (AvgIpc) is 2.52. The van der Waals surface area contributed by atoms with Crippen LogP contribution in [0, 0.1) is 11.8 Å². The Morgan fingerprint density at radius 3 is 2.25 bits per heavy atom. The standard InChI is InChI=1S/C18H29N3O3/c1-12(2)10-15(17(22)21-16(19)13(3)4)20-18(23)24-11-14-8-6-5-7-9-14/h5-9,12-13,15-16H,10-11,19H2,1-4H3,(H,20,23)(H,21,22). The number of carbonyl (C=O) groups is 2. The molecular weight excluding hydrogens is 306 g/mol. The van der Waals surface area contributed by atoms with Crippen molar-refractivity contribution in [1.82, 2.24) is 10.6 Å². The maximum atomic E-state index is 12.3. The number of nitrogens with two attached hydrogens (primary N) is 1. The lowest BCUT2D eigenvalue weighted by atomic mass is 10.0. The second-order valence-electron chi connectivity index (χ2n) is 6.67. The third-order valence-corrected chi connectivity index (χ3v) is 3.56. The molecule has 2 atom stereocenters. The van der Waals surface area contributed by atoms with E-state index >= 15 is 0 Å². The van der Waals surface area contributed by atoms with Crippen LogP contribution < -0.4 is 16.4 Å². The van der Waals surface area contributed by atoms with Gasteiger partial charge in [-0.1, -0.05) is 58.0 Å². The van der Waals surface area contributed by atoms with Gasteiger partial charge in [-0.15, -0.1) is 0 Å². The van der Waals surface area contributed by atoms with Gasteiger partial charge in [-0.2, -0.15) is 0 Å². The number of amides is 2. The Morgan fingerprint density at radius 2 is 1.71 bits per heavy atom. The van der Waals surface area contributed by atoms with E-state index in [0.29, 0.717) is 6.42 Å². The Bertz CT molecular complexity index is 518. The molecule has 0 aliphatic carbocycles. The second kappa shape index (κ2) is 9.93. The number of rotatable bonds is 8. The summed E-state index contributed by atoms with van der Waals surface area (Å²) in [6, 6.07) is 8.71. The summed E-state index contributed by atoms with van der Waals surface area (Å²) in [5, 5.41) is 5.37. The van der Waals surface area contributed by atoms with Gasteiger partial charge < -0.3 is 21.1 Å². The van der Waals surface area contributed by atoms with E-state index in [2.05, 4.69) is 10.6 Å². The van der Waals surface area contributed by atoms with Crippen LogP contribution in [0.2, 0.25) is 0 Å². The molecule has 1 aromatic carbocycles. The molecule has 2 amide bonds. The van der Waals surface area contributed by atoms with Crippen LogP contribution in [0.25, 0.3) is 0 Å². The molecule has 0 saturated heterocycles. The number of nitrogens with one attached hydrogen (secondary N) is 2. The van der Waals surface area contributed by atoms with Crippen LogP contribution in [0.4, 0.5) is 4.79 Å². The van der Waals surface area contributed by atoms with Crippen LogP contribution in [0.15, 0.2) is 30.3 Å². The Morgan fingerprint density at radius 1 is 1.08 bits per heavy atom. The molecule has 4 N–H and O–H groups in total. The molecule has 1 aromatic rings. The van der Waals surface area contributed by atoms with E-state index in [0.717, 1.165) is 5.56 Å². The first-order chi connectivity index (χ1) is 11.3. The van der Waals surface area contributed by atoms with Crippen LogP contribution in [0.5, 0.6) is 0 Å². The van der Waals surface area contributed by atoms with Crippen molar-refractivity contribution in [2.75, 3.05) is 0 Å². The molecule has 0 radical (unpaired) electrons. The van der Waals surface area contributed by atoms with Crippen molar-refractivity contribution in [3.63, 3.8) is 0 Å². The topological polar surface area (TPSA) is 93.4 Å². The van der Waals surface area contributed by atoms with Crippen LogP contribution >= 0.6 is 0 Å². The highest BCUT2D eigenvalue weighted by atomic mass is 16.5. The zero-order valence-electron chi connectivity index (χ0n) is 14.9. The van der Waals surface area contributed by atoms with Crippen molar-refractivity contribution >= 4 is 12.0 Å². The van der Waals surface area contributed by atoms with Gasteiger partial charge in [-0.25, -0.2) is 4.79 Å². The minimum atomic E-state index is -0.668. The molecule has 134 valence electrons. The van der Waals surface area contributed by atoms with Gasteiger partial charge in [0.25, 0.3) is 0 Å². The van der Waals surface area contributed by atoms with Crippen molar-refractivity contribution in [2.45, 2.75) is 52.9 Å². The first kappa shape index (κ1) is 20.0. The Balaban J connectivity index is 2.57. The minimum absolute atomic E-state index is 0.110. The van der Waals surface area contributed by atoms with Crippen molar-refractivity contribution in [1.29, 1.82) is 0 Å². The van der Waals surface area contributed by atoms with Crippen molar-refractivity contribution in [2.24, 2.45) is 17.6 Å². The largest absolute Gasteiger partial charge is 0.445 e. The zero-order valence-corrected chi connectivity index (χ0v) is 14.9. The highest BCUT2D eigenvalue weighted by molar-refractivity contribution is 5.85. The van der Waals surface area contributed by atoms with Gasteiger partial charge in [0.2, 0.25) is 5.91 Å². The molecule has 0 aromatic heterocycles. The summed E-state index contributed by atoms with van der Waals surface area (Å²) in [5.41, 5.74) is 6.76. The summed E-state index contributed by atoms with van der Waals surface area (Å²) >= 11 is 0. The first-order valence-electron chi connectivity index (χ1n) is 8.32. The van der Waals surface area contributed by atoms with Gasteiger partial charge >= 0.3 is 6.09 Å². The summed E-state index contributed by atoms with van der Waals surface area (Å²) < 4.78 is 5.18. The van der Waals surface area contributed by atoms with E-state index in [1.165, 1.54) is 0 Å². The molecule has 24 heavy (non-hydrogen) atoms. The number of alkyl carbamates (subject to hydrolysis) is 1. The predicted molar refractivity (Wildman–Crippen MR) is 94.0 cm³/mol. The first-order valence-corrected chi connectivity index (χ1v) is 8.32. The molecule has 6 heteroatoms. The van der Waals surface area contributed by atoms with Gasteiger partial charge in [-0.3, -0.25) is 4.79 Å². The quantitative estimate of drug-likeness (QED) is 0.636. The lowest BCUT2D eigenvalue weighted by Gasteiger charge is -2.24. The van der Waals surface area contributed by atoms with E-state index in [-0.39, 0.29) is 24.3 Å². The Hall–Kier alpha value is -2.08. The van der Waals surface area contributed by atoms with Gasteiger partial charge in [0, 0.05) is 0 Å². The van der Waals surface area contributed by atoms with Crippen LogP contribution in [0.3, 0.4) is 0 Å². The zero-order chi connectivity index (χ0) is 18.1. The molecule has 0 saturated carbocycles. The van der Waals surface area contributed by atoms with Crippen LogP contribution in [-0.2, 0) is 16.1 Å².